The van der Waals surface area contributed by atoms with Crippen LogP contribution in [0.5, 0.6) is 0 Å². The molecule has 2 aromatic rings. The molecule has 0 spiro atoms. The van der Waals surface area contributed by atoms with Gasteiger partial charge in [0, 0.05) is 23.1 Å². The largest absolute Gasteiger partial charge is 0.355 e. The maximum Gasteiger partial charge on any atom is 0.235 e. The topological polar surface area (TPSA) is 46.2 Å². The normalized spacial score (nSPS) is 13.3. The molecule has 0 saturated carbocycles. The minimum absolute atomic E-state index is 0.219. The van der Waals surface area contributed by atoms with Crippen molar-refractivity contribution in [1.82, 2.24) is 5.32 Å². The van der Waals surface area contributed by atoms with Gasteiger partial charge in [-0.05, 0) is 43.5 Å². The molecule has 0 radical (unpaired) electrons. The van der Waals surface area contributed by atoms with Gasteiger partial charge < -0.3 is 5.32 Å². The van der Waals surface area contributed by atoms with Crippen LogP contribution in [-0.4, -0.2) is 21.9 Å². The van der Waals surface area contributed by atoms with Gasteiger partial charge in [0.1, 0.15) is 11.1 Å². The fourth-order valence-corrected chi connectivity index (χ4v) is 3.42. The summed E-state index contributed by atoms with van der Waals surface area (Å²) in [6.07, 6.45) is 0.614. The maximum absolute atomic E-state index is 12.8. The first-order valence-corrected chi connectivity index (χ1v) is 9.29. The van der Waals surface area contributed by atoms with Crippen molar-refractivity contribution in [2.24, 2.45) is 0 Å². The number of carbonyl (C=O) groups is 1. The van der Waals surface area contributed by atoms with Crippen molar-refractivity contribution >= 4 is 16.7 Å². The number of amides is 1. The number of benzene rings is 2. The Morgan fingerprint density at radius 3 is 2.54 bits per heavy atom. The molecule has 2 rings (SSSR count). The summed E-state index contributed by atoms with van der Waals surface area (Å²) in [6.45, 7) is 4.10. The summed E-state index contributed by atoms with van der Waals surface area (Å²) in [5.41, 5.74) is 3.03. The zero-order chi connectivity index (χ0) is 17.5. The lowest BCUT2D eigenvalue weighted by Crippen LogP contribution is -2.36. The average Bonchev–Trinajstić information content (AvgIpc) is 2.56. The van der Waals surface area contributed by atoms with Crippen LogP contribution in [0.1, 0.15) is 23.6 Å². The first kappa shape index (κ1) is 18.3. The van der Waals surface area contributed by atoms with Crippen LogP contribution in [0.2, 0.25) is 0 Å². The van der Waals surface area contributed by atoms with Gasteiger partial charge in [-0.2, -0.15) is 0 Å². The molecular weight excluding hydrogens is 325 g/mol. The standard InChI is InChI=1S/C19H22FNO2S/c1-14-4-3-5-17(12-14)13-24(23)15(2)19(22)21-11-10-16-6-8-18(20)9-7-16/h3-9,12,15H,10-11,13H2,1-2H3,(H,21,22)/t15-,24-/m1/s1. The highest BCUT2D eigenvalue weighted by molar-refractivity contribution is 7.85. The molecule has 1 N–H and O–H groups in total. The molecule has 3 nitrogen and oxygen atoms in total. The van der Waals surface area contributed by atoms with Crippen LogP contribution in [0.3, 0.4) is 0 Å². The van der Waals surface area contributed by atoms with Crippen LogP contribution in [0, 0.1) is 12.7 Å². The van der Waals surface area contributed by atoms with Gasteiger partial charge >= 0.3 is 0 Å². The van der Waals surface area contributed by atoms with Gasteiger partial charge in [0.2, 0.25) is 5.91 Å². The van der Waals surface area contributed by atoms with E-state index >= 15 is 0 Å². The van der Waals surface area contributed by atoms with Gasteiger partial charge in [-0.3, -0.25) is 9.00 Å². The van der Waals surface area contributed by atoms with Crippen molar-refractivity contribution in [2.75, 3.05) is 6.54 Å². The molecule has 128 valence electrons. The Balaban J connectivity index is 1.80. The summed E-state index contributed by atoms with van der Waals surface area (Å²) in [5.74, 6) is -0.125. The predicted molar refractivity (Wildman–Crippen MR) is 95.6 cm³/mol. The van der Waals surface area contributed by atoms with Crippen LogP contribution in [-0.2, 0) is 27.8 Å². The highest BCUT2D eigenvalue weighted by Gasteiger charge is 2.19. The number of hydrogen-bond acceptors (Lipinski definition) is 2. The summed E-state index contributed by atoms with van der Waals surface area (Å²) in [4.78, 5) is 12.1. The molecule has 2 atom stereocenters. The van der Waals surface area contributed by atoms with E-state index in [1.54, 1.807) is 19.1 Å². The van der Waals surface area contributed by atoms with Crippen molar-refractivity contribution in [2.45, 2.75) is 31.3 Å². The zero-order valence-corrected chi connectivity index (χ0v) is 14.7. The highest BCUT2D eigenvalue weighted by Crippen LogP contribution is 2.10. The summed E-state index contributed by atoms with van der Waals surface area (Å²) in [5, 5.41) is 2.23. The van der Waals surface area contributed by atoms with Gasteiger partial charge in [0.15, 0.2) is 0 Å². The van der Waals surface area contributed by atoms with Crippen LogP contribution >= 0.6 is 0 Å². The lowest BCUT2D eigenvalue weighted by Gasteiger charge is -2.12. The Morgan fingerprint density at radius 1 is 1.17 bits per heavy atom. The first-order valence-electron chi connectivity index (χ1n) is 7.90. The van der Waals surface area contributed by atoms with Gasteiger partial charge in [0.05, 0.1) is 0 Å². The van der Waals surface area contributed by atoms with Gasteiger partial charge in [-0.1, -0.05) is 42.0 Å². The Kier molecular flexibility index (Phi) is 6.67. The monoisotopic (exact) mass is 347 g/mol. The van der Waals surface area contributed by atoms with E-state index in [0.717, 1.165) is 16.7 Å². The maximum atomic E-state index is 12.8. The number of carbonyl (C=O) groups excluding carboxylic acids is 1. The smallest absolute Gasteiger partial charge is 0.235 e. The molecule has 0 saturated heterocycles. The number of aryl methyl sites for hydroxylation is 1. The predicted octanol–water partition coefficient (Wildman–Crippen LogP) is 3.13. The molecule has 0 fully saturated rings. The van der Waals surface area contributed by atoms with Crippen molar-refractivity contribution in [3.63, 3.8) is 0 Å². The summed E-state index contributed by atoms with van der Waals surface area (Å²) < 4.78 is 25.2. The van der Waals surface area contributed by atoms with Crippen LogP contribution < -0.4 is 5.32 Å². The van der Waals surface area contributed by atoms with Crippen molar-refractivity contribution in [3.05, 3.63) is 71.0 Å². The Morgan fingerprint density at radius 2 is 1.88 bits per heavy atom. The third-order valence-electron chi connectivity index (χ3n) is 3.78. The lowest BCUT2D eigenvalue weighted by atomic mass is 10.1. The Bertz CT molecular complexity index is 716. The molecule has 0 heterocycles. The molecule has 0 aromatic heterocycles. The van der Waals surface area contributed by atoms with Crippen molar-refractivity contribution in [3.8, 4) is 0 Å². The molecular formula is C19H22FNO2S. The third kappa shape index (κ3) is 5.57. The van der Waals surface area contributed by atoms with Gasteiger partial charge in [0.25, 0.3) is 0 Å². The molecule has 2 aromatic carbocycles. The summed E-state index contributed by atoms with van der Waals surface area (Å²) in [6, 6.07) is 14.0. The fraction of sp³-hybridized carbons (Fsp3) is 0.316. The Hall–Kier alpha value is -2.01. The number of nitrogens with one attached hydrogen (secondary N) is 1. The van der Waals surface area contributed by atoms with Crippen molar-refractivity contribution < 1.29 is 13.4 Å². The second-order valence-electron chi connectivity index (χ2n) is 5.82. The molecule has 24 heavy (non-hydrogen) atoms. The molecule has 0 aliphatic carbocycles. The van der Waals surface area contributed by atoms with E-state index < -0.39 is 16.0 Å². The van der Waals surface area contributed by atoms with Crippen LogP contribution in [0.25, 0.3) is 0 Å². The second kappa shape index (κ2) is 8.73. The van der Waals surface area contributed by atoms with Crippen LogP contribution in [0.15, 0.2) is 48.5 Å². The van der Waals surface area contributed by atoms with E-state index in [4.69, 9.17) is 0 Å². The van der Waals surface area contributed by atoms with E-state index in [0.29, 0.717) is 18.7 Å². The fourth-order valence-electron chi connectivity index (χ4n) is 2.34. The molecule has 0 bridgehead atoms. The molecule has 0 unspecified atom stereocenters. The third-order valence-corrected chi connectivity index (χ3v) is 5.40. The van der Waals surface area contributed by atoms with Crippen molar-refractivity contribution in [1.29, 1.82) is 0 Å². The van der Waals surface area contributed by atoms with E-state index in [2.05, 4.69) is 5.32 Å². The van der Waals surface area contributed by atoms with E-state index in [-0.39, 0.29) is 11.7 Å². The second-order valence-corrected chi connectivity index (χ2v) is 7.58. The minimum Gasteiger partial charge on any atom is -0.355 e. The van der Waals surface area contributed by atoms with E-state index in [9.17, 15) is 13.4 Å². The SMILES string of the molecule is Cc1cccc(C[S@@](=O)[C@H](C)C(=O)NCCc2ccc(F)cc2)c1. The van der Waals surface area contributed by atoms with E-state index in [1.807, 2.05) is 31.2 Å². The highest BCUT2D eigenvalue weighted by atomic mass is 32.2. The first-order chi connectivity index (χ1) is 11.5. The van der Waals surface area contributed by atoms with Crippen LogP contribution in [0.4, 0.5) is 4.39 Å². The average molecular weight is 347 g/mol. The number of halogens is 1. The zero-order valence-electron chi connectivity index (χ0n) is 13.9. The summed E-state index contributed by atoms with van der Waals surface area (Å²) in [7, 11) is -1.27. The Labute approximate surface area is 144 Å². The van der Waals surface area contributed by atoms with E-state index in [1.165, 1.54) is 12.1 Å². The van der Waals surface area contributed by atoms with Gasteiger partial charge in [-0.15, -0.1) is 0 Å². The van der Waals surface area contributed by atoms with Gasteiger partial charge in [-0.25, -0.2) is 4.39 Å². The number of rotatable bonds is 7. The lowest BCUT2D eigenvalue weighted by molar-refractivity contribution is -0.120. The molecule has 5 heteroatoms. The quantitative estimate of drug-likeness (QED) is 0.836. The molecule has 0 aliphatic rings. The minimum atomic E-state index is -1.27. The molecule has 0 aliphatic heterocycles. The molecule has 1 amide bonds. The number of hydrogen-bond donors (Lipinski definition) is 1. The summed E-state index contributed by atoms with van der Waals surface area (Å²) >= 11 is 0.